The van der Waals surface area contributed by atoms with E-state index in [1.165, 1.54) is 0 Å². The predicted octanol–water partition coefficient (Wildman–Crippen LogP) is 4.17. The van der Waals surface area contributed by atoms with Gasteiger partial charge in [0.25, 0.3) is 0 Å². The van der Waals surface area contributed by atoms with Crippen LogP contribution in [0.1, 0.15) is 65.9 Å². The van der Waals surface area contributed by atoms with Crippen LogP contribution in [0, 0.1) is 0 Å². The van der Waals surface area contributed by atoms with Crippen molar-refractivity contribution in [3.63, 3.8) is 0 Å². The highest BCUT2D eigenvalue weighted by Gasteiger charge is 2.35. The van der Waals surface area contributed by atoms with Gasteiger partial charge in [-0.15, -0.1) is 0 Å². The lowest BCUT2D eigenvalue weighted by Crippen LogP contribution is -2.32. The second-order valence-electron chi connectivity index (χ2n) is 5.98. The van der Waals surface area contributed by atoms with Crippen molar-refractivity contribution in [1.82, 2.24) is 9.97 Å². The lowest BCUT2D eigenvalue weighted by atomic mass is 9.90. The van der Waals surface area contributed by atoms with Crippen LogP contribution in [0.25, 0.3) is 0 Å². The third-order valence-electron chi connectivity index (χ3n) is 3.56. The van der Waals surface area contributed by atoms with E-state index in [2.05, 4.69) is 55.5 Å². The van der Waals surface area contributed by atoms with E-state index >= 15 is 0 Å². The third-order valence-corrected chi connectivity index (χ3v) is 4.34. The summed E-state index contributed by atoms with van der Waals surface area (Å²) in [6, 6.07) is 0. The predicted molar refractivity (Wildman–Crippen MR) is 86.7 cm³/mol. The molecular weight excluding hydrogens is 318 g/mol. The largest absolute Gasteiger partial charge is 0.383 e. The van der Waals surface area contributed by atoms with Crippen molar-refractivity contribution in [1.29, 1.82) is 0 Å². The maximum atomic E-state index is 6.07. The molecule has 114 valence electrons. The van der Waals surface area contributed by atoms with Crippen LogP contribution < -0.4 is 5.73 Å². The molecule has 0 radical (unpaired) electrons. The second kappa shape index (κ2) is 6.39. The highest BCUT2D eigenvalue weighted by atomic mass is 79.9. The Kier molecular flexibility index (Phi) is 5.55. The smallest absolute Gasteiger partial charge is 0.162 e. The molecule has 2 N–H and O–H groups in total. The molecule has 5 heteroatoms. The summed E-state index contributed by atoms with van der Waals surface area (Å²) in [4.78, 5) is 9.25. The topological polar surface area (TPSA) is 61.0 Å². The van der Waals surface area contributed by atoms with Crippen LogP contribution in [-0.2, 0) is 15.8 Å². The summed E-state index contributed by atoms with van der Waals surface area (Å²) in [5, 5.41) is 0. The van der Waals surface area contributed by atoms with Crippen molar-refractivity contribution in [2.24, 2.45) is 0 Å². The lowest BCUT2D eigenvalue weighted by molar-refractivity contribution is -0.0573. The van der Waals surface area contributed by atoms with Crippen molar-refractivity contribution < 1.29 is 4.74 Å². The maximum absolute atomic E-state index is 6.07. The zero-order chi connectivity index (χ0) is 15.6. The number of nitrogens with two attached hydrogens (primary N) is 1. The normalized spacial score (nSPS) is 12.8. The van der Waals surface area contributed by atoms with Gasteiger partial charge in [0, 0.05) is 12.0 Å². The Morgan fingerprint density at radius 1 is 1.10 bits per heavy atom. The van der Waals surface area contributed by atoms with E-state index in [1.54, 1.807) is 0 Å². The number of anilines is 1. The molecule has 1 aromatic heterocycles. The van der Waals surface area contributed by atoms with Crippen LogP contribution in [0.15, 0.2) is 4.47 Å². The van der Waals surface area contributed by atoms with E-state index in [0.29, 0.717) is 18.2 Å². The van der Waals surface area contributed by atoms with Crippen LogP contribution >= 0.6 is 15.9 Å². The molecule has 0 amide bonds. The second-order valence-corrected chi connectivity index (χ2v) is 6.77. The third kappa shape index (κ3) is 3.31. The highest BCUT2D eigenvalue weighted by Crippen LogP contribution is 2.36. The molecule has 0 saturated carbocycles. The molecule has 1 heterocycles. The number of halogens is 1. The molecule has 0 fully saturated rings. The molecule has 0 aliphatic rings. The minimum absolute atomic E-state index is 0.107. The highest BCUT2D eigenvalue weighted by molar-refractivity contribution is 9.10. The van der Waals surface area contributed by atoms with Crippen LogP contribution in [0.4, 0.5) is 5.82 Å². The minimum atomic E-state index is -0.455. The molecule has 20 heavy (non-hydrogen) atoms. The SMILES string of the molecule is CCOC(CC)(CC)c1nc(N)c(Br)c(C(C)(C)C)n1. The summed E-state index contributed by atoms with van der Waals surface area (Å²) >= 11 is 3.51. The van der Waals surface area contributed by atoms with Gasteiger partial charge in [0.15, 0.2) is 5.82 Å². The quantitative estimate of drug-likeness (QED) is 0.871. The number of rotatable bonds is 5. The Morgan fingerprint density at radius 3 is 2.05 bits per heavy atom. The number of ether oxygens (including phenoxy) is 1. The van der Waals surface area contributed by atoms with Crippen molar-refractivity contribution in [2.45, 2.75) is 65.4 Å². The molecule has 0 saturated heterocycles. The van der Waals surface area contributed by atoms with E-state index in [1.807, 2.05) is 6.92 Å². The summed E-state index contributed by atoms with van der Waals surface area (Å²) in [6.45, 7) is 13.2. The average Bonchev–Trinajstić information content (AvgIpc) is 2.38. The van der Waals surface area contributed by atoms with Gasteiger partial charge in [-0.05, 0) is 35.7 Å². The molecule has 0 spiro atoms. The van der Waals surface area contributed by atoms with Crippen molar-refractivity contribution in [2.75, 3.05) is 12.3 Å². The Hall–Kier alpha value is -0.680. The molecule has 1 aromatic rings. The molecule has 0 aliphatic heterocycles. The van der Waals surface area contributed by atoms with Crippen LogP contribution in [-0.4, -0.2) is 16.6 Å². The molecule has 0 aliphatic carbocycles. The Morgan fingerprint density at radius 2 is 1.65 bits per heavy atom. The first kappa shape index (κ1) is 17.4. The van der Waals surface area contributed by atoms with E-state index in [0.717, 1.165) is 23.0 Å². The molecule has 1 rings (SSSR count). The molecule has 4 nitrogen and oxygen atoms in total. The van der Waals surface area contributed by atoms with E-state index in [9.17, 15) is 0 Å². The Bertz CT molecular complexity index is 465. The number of hydrogen-bond donors (Lipinski definition) is 1. The van der Waals surface area contributed by atoms with Gasteiger partial charge in [-0.3, -0.25) is 0 Å². The lowest BCUT2D eigenvalue weighted by Gasteiger charge is -2.32. The Labute approximate surface area is 130 Å². The maximum Gasteiger partial charge on any atom is 0.162 e. The van der Waals surface area contributed by atoms with Gasteiger partial charge in [-0.2, -0.15) is 0 Å². The van der Waals surface area contributed by atoms with Gasteiger partial charge < -0.3 is 10.5 Å². The Balaban J connectivity index is 3.49. The van der Waals surface area contributed by atoms with E-state index < -0.39 is 5.60 Å². The van der Waals surface area contributed by atoms with Crippen molar-refractivity contribution in [3.8, 4) is 0 Å². The number of hydrogen-bond acceptors (Lipinski definition) is 4. The van der Waals surface area contributed by atoms with Gasteiger partial charge in [-0.25, -0.2) is 9.97 Å². The molecule has 0 atom stereocenters. The summed E-state index contributed by atoms with van der Waals surface area (Å²) in [6.07, 6.45) is 1.64. The average molecular weight is 344 g/mol. The van der Waals surface area contributed by atoms with Crippen molar-refractivity contribution >= 4 is 21.7 Å². The number of nitrogens with zero attached hydrogens (tertiary/aromatic N) is 2. The number of nitrogen functional groups attached to an aromatic ring is 1. The molecule has 0 aromatic carbocycles. The first-order valence-electron chi connectivity index (χ1n) is 7.19. The van der Waals surface area contributed by atoms with Gasteiger partial charge >= 0.3 is 0 Å². The fourth-order valence-electron chi connectivity index (χ4n) is 2.28. The molecular formula is C15H26BrN3O. The summed E-state index contributed by atoms with van der Waals surface area (Å²) in [5.41, 5.74) is 6.43. The van der Waals surface area contributed by atoms with E-state index in [-0.39, 0.29) is 5.41 Å². The molecule has 0 unspecified atom stereocenters. The first-order chi connectivity index (χ1) is 9.21. The minimum Gasteiger partial charge on any atom is -0.383 e. The monoisotopic (exact) mass is 343 g/mol. The van der Waals surface area contributed by atoms with Gasteiger partial charge in [0.2, 0.25) is 0 Å². The summed E-state index contributed by atoms with van der Waals surface area (Å²) < 4.78 is 6.76. The number of aromatic nitrogens is 2. The standard InChI is InChI=1S/C15H26BrN3O/c1-7-15(8-2,20-9-3)13-18-11(14(4,5)6)10(16)12(17)19-13/h7-9H2,1-6H3,(H2,17,18,19). The van der Waals surface area contributed by atoms with Gasteiger partial charge in [-0.1, -0.05) is 34.6 Å². The van der Waals surface area contributed by atoms with E-state index in [4.69, 9.17) is 15.5 Å². The van der Waals surface area contributed by atoms with Crippen LogP contribution in [0.2, 0.25) is 0 Å². The van der Waals surface area contributed by atoms with Crippen molar-refractivity contribution in [3.05, 3.63) is 16.0 Å². The first-order valence-corrected chi connectivity index (χ1v) is 7.99. The van der Waals surface area contributed by atoms with Crippen LogP contribution in [0.5, 0.6) is 0 Å². The molecule has 0 bridgehead atoms. The van der Waals surface area contributed by atoms with Gasteiger partial charge in [0.05, 0.1) is 10.2 Å². The van der Waals surface area contributed by atoms with Gasteiger partial charge in [0.1, 0.15) is 11.4 Å². The summed E-state index contributed by atoms with van der Waals surface area (Å²) in [5.74, 6) is 1.17. The fraction of sp³-hybridized carbons (Fsp3) is 0.733. The summed E-state index contributed by atoms with van der Waals surface area (Å²) in [7, 11) is 0. The zero-order valence-electron chi connectivity index (χ0n) is 13.4. The van der Waals surface area contributed by atoms with Crippen LogP contribution in [0.3, 0.4) is 0 Å². The fourth-order valence-corrected chi connectivity index (χ4v) is 3.05. The zero-order valence-corrected chi connectivity index (χ0v) is 15.0.